The van der Waals surface area contributed by atoms with Crippen molar-refractivity contribution in [1.29, 1.82) is 5.26 Å². The number of nitro groups is 1. The van der Waals surface area contributed by atoms with Crippen LogP contribution in [0, 0.1) is 21.4 Å². The predicted molar refractivity (Wildman–Crippen MR) is 184 cm³/mol. The summed E-state index contributed by atoms with van der Waals surface area (Å²) in [4.78, 5) is 52.9. The number of fused-ring (bicyclic) bond motifs is 1. The molecule has 0 saturated carbocycles. The standard InChI is InChI=1S/C35H31N5O5S2/c1-2-30(34(43)39-35-27(21-36)26-16-7-9-18-31(26)47-35)46-25-15-10-14-24(20-25)37-33(42)28(38-32(41)22-11-4-3-5-12-22)19-23-13-6-8-17-29(23)40(44)45/h3-6,8,10-15,17,19-20,30H,2,7,9,16,18H2,1H3,(H,37,42)(H,38,41)(H,39,43)/b28-19+. The number of thioether (sulfide) groups is 1. The second kappa shape index (κ2) is 15.4. The van der Waals surface area contributed by atoms with Gasteiger partial charge in [0.2, 0.25) is 5.91 Å². The molecule has 1 aromatic heterocycles. The van der Waals surface area contributed by atoms with Gasteiger partial charge in [-0.05, 0) is 80.1 Å². The minimum atomic E-state index is -0.690. The molecule has 1 heterocycles. The van der Waals surface area contributed by atoms with E-state index < -0.39 is 22.0 Å². The number of hydrogen-bond acceptors (Lipinski definition) is 8. The maximum atomic E-state index is 13.5. The van der Waals surface area contributed by atoms with Crippen molar-refractivity contribution in [3.63, 3.8) is 0 Å². The first-order valence-corrected chi connectivity index (χ1v) is 16.7. The number of thiophene rings is 1. The molecule has 10 nitrogen and oxygen atoms in total. The van der Waals surface area contributed by atoms with Gasteiger partial charge in [0.15, 0.2) is 0 Å². The van der Waals surface area contributed by atoms with E-state index in [0.29, 0.717) is 33.1 Å². The van der Waals surface area contributed by atoms with Crippen LogP contribution in [0.1, 0.15) is 58.1 Å². The molecule has 1 aliphatic carbocycles. The lowest BCUT2D eigenvalue weighted by molar-refractivity contribution is -0.385. The molecule has 47 heavy (non-hydrogen) atoms. The van der Waals surface area contributed by atoms with Crippen molar-refractivity contribution in [3.8, 4) is 6.07 Å². The number of nitrogens with zero attached hydrogens (tertiary/aromatic N) is 2. The molecule has 0 radical (unpaired) electrons. The predicted octanol–water partition coefficient (Wildman–Crippen LogP) is 7.33. The van der Waals surface area contributed by atoms with Gasteiger partial charge in [-0.15, -0.1) is 23.1 Å². The van der Waals surface area contributed by atoms with E-state index in [1.807, 2.05) is 13.0 Å². The summed E-state index contributed by atoms with van der Waals surface area (Å²) in [7, 11) is 0. The highest BCUT2D eigenvalue weighted by molar-refractivity contribution is 8.00. The number of nitriles is 1. The maximum Gasteiger partial charge on any atom is 0.276 e. The molecule has 0 bridgehead atoms. The first-order chi connectivity index (χ1) is 22.8. The van der Waals surface area contributed by atoms with Crippen LogP contribution in [-0.4, -0.2) is 27.9 Å². The minimum absolute atomic E-state index is 0.142. The van der Waals surface area contributed by atoms with Crippen molar-refractivity contribution < 1.29 is 19.3 Å². The molecule has 1 aliphatic rings. The van der Waals surface area contributed by atoms with Crippen molar-refractivity contribution >= 4 is 63.3 Å². The second-order valence-corrected chi connectivity index (χ2v) is 13.1. The average molecular weight is 666 g/mol. The molecule has 0 fully saturated rings. The van der Waals surface area contributed by atoms with Crippen LogP contribution in [0.15, 0.2) is 89.5 Å². The number of benzene rings is 3. The Kier molecular flexibility index (Phi) is 10.8. The zero-order valence-electron chi connectivity index (χ0n) is 25.4. The molecule has 3 N–H and O–H groups in total. The fraction of sp³-hybridized carbons (Fsp3) is 0.200. The van der Waals surface area contributed by atoms with Crippen molar-refractivity contribution in [2.24, 2.45) is 0 Å². The van der Waals surface area contributed by atoms with E-state index in [1.54, 1.807) is 54.6 Å². The van der Waals surface area contributed by atoms with Crippen molar-refractivity contribution in [3.05, 3.63) is 122 Å². The first-order valence-electron chi connectivity index (χ1n) is 15.0. The van der Waals surface area contributed by atoms with Gasteiger partial charge in [-0.3, -0.25) is 24.5 Å². The molecule has 0 aliphatic heterocycles. The Hall–Kier alpha value is -5.25. The Labute approximate surface area is 280 Å². The third kappa shape index (κ3) is 8.13. The minimum Gasteiger partial charge on any atom is -0.321 e. The number of nitrogens with one attached hydrogen (secondary N) is 3. The highest BCUT2D eigenvalue weighted by atomic mass is 32.2. The second-order valence-electron chi connectivity index (χ2n) is 10.7. The highest BCUT2D eigenvalue weighted by Crippen LogP contribution is 2.38. The van der Waals surface area contributed by atoms with Crippen LogP contribution in [0.2, 0.25) is 0 Å². The number of rotatable bonds is 11. The Balaban J connectivity index is 1.34. The molecular weight excluding hydrogens is 635 g/mol. The van der Waals surface area contributed by atoms with Crippen molar-refractivity contribution in [2.45, 2.75) is 49.2 Å². The van der Waals surface area contributed by atoms with Gasteiger partial charge in [-0.1, -0.05) is 43.3 Å². The van der Waals surface area contributed by atoms with E-state index in [4.69, 9.17) is 0 Å². The van der Waals surface area contributed by atoms with Crippen LogP contribution in [0.4, 0.5) is 16.4 Å². The number of anilines is 2. The summed E-state index contributed by atoms with van der Waals surface area (Å²) in [5.41, 5.74) is 2.05. The average Bonchev–Trinajstić information content (AvgIpc) is 3.44. The third-order valence-corrected chi connectivity index (χ3v) is 10.1. The number of aryl methyl sites for hydroxylation is 1. The lowest BCUT2D eigenvalue weighted by atomic mass is 9.96. The summed E-state index contributed by atoms with van der Waals surface area (Å²) in [6.07, 6.45) is 5.68. The summed E-state index contributed by atoms with van der Waals surface area (Å²) in [5, 5.41) is 29.9. The zero-order chi connectivity index (χ0) is 33.3. The van der Waals surface area contributed by atoms with Crippen LogP contribution in [0.5, 0.6) is 0 Å². The van der Waals surface area contributed by atoms with Crippen LogP contribution in [0.3, 0.4) is 0 Å². The van der Waals surface area contributed by atoms with Crippen LogP contribution < -0.4 is 16.0 Å². The van der Waals surface area contributed by atoms with Gasteiger partial charge >= 0.3 is 0 Å². The SMILES string of the molecule is CCC(Sc1cccc(NC(=O)/C(=C\c2ccccc2[N+](=O)[O-])NC(=O)c2ccccc2)c1)C(=O)Nc1sc2c(c1C#N)CCCC2. The van der Waals surface area contributed by atoms with Crippen molar-refractivity contribution in [2.75, 3.05) is 10.6 Å². The van der Waals surface area contributed by atoms with Crippen LogP contribution in [0.25, 0.3) is 6.08 Å². The smallest absolute Gasteiger partial charge is 0.276 e. The van der Waals surface area contributed by atoms with Gasteiger partial charge in [0.1, 0.15) is 16.8 Å². The quantitative estimate of drug-likeness (QED) is 0.0656. The van der Waals surface area contributed by atoms with E-state index in [0.717, 1.165) is 31.2 Å². The Morgan fingerprint density at radius 2 is 1.77 bits per heavy atom. The molecule has 0 spiro atoms. The van der Waals surface area contributed by atoms with E-state index in [2.05, 4.69) is 22.0 Å². The topological polar surface area (TPSA) is 154 Å². The number of hydrogen-bond donors (Lipinski definition) is 3. The molecular formula is C35H31N5O5S2. The molecule has 1 atom stereocenters. The van der Waals surface area contributed by atoms with Crippen LogP contribution in [-0.2, 0) is 22.4 Å². The Morgan fingerprint density at radius 3 is 2.51 bits per heavy atom. The molecule has 3 aromatic carbocycles. The van der Waals surface area contributed by atoms with Crippen molar-refractivity contribution in [1.82, 2.24) is 5.32 Å². The molecule has 0 saturated heterocycles. The van der Waals surface area contributed by atoms with Gasteiger partial charge in [-0.25, -0.2) is 0 Å². The maximum absolute atomic E-state index is 13.5. The van der Waals surface area contributed by atoms with E-state index in [1.165, 1.54) is 52.3 Å². The molecule has 12 heteroatoms. The van der Waals surface area contributed by atoms with Gasteiger partial charge in [0.25, 0.3) is 17.5 Å². The molecule has 5 rings (SSSR count). The molecule has 4 aromatic rings. The first kappa shape index (κ1) is 33.1. The van der Waals surface area contributed by atoms with Gasteiger partial charge in [0, 0.05) is 27.1 Å². The lowest BCUT2D eigenvalue weighted by Crippen LogP contribution is -2.30. The molecule has 1 unspecified atom stereocenters. The number of para-hydroxylation sites is 1. The number of carbonyl (C=O) groups excluding carboxylic acids is 3. The highest BCUT2D eigenvalue weighted by Gasteiger charge is 2.25. The van der Waals surface area contributed by atoms with E-state index in [-0.39, 0.29) is 22.9 Å². The lowest BCUT2D eigenvalue weighted by Gasteiger charge is -2.15. The summed E-state index contributed by atoms with van der Waals surface area (Å²) in [5.74, 6) is -1.46. The van der Waals surface area contributed by atoms with E-state index in [9.17, 15) is 29.8 Å². The number of carbonyl (C=O) groups is 3. The Bertz CT molecular complexity index is 1900. The molecule has 238 valence electrons. The largest absolute Gasteiger partial charge is 0.321 e. The number of nitro benzene ring substituents is 1. The van der Waals surface area contributed by atoms with E-state index >= 15 is 0 Å². The van der Waals surface area contributed by atoms with Gasteiger partial charge in [-0.2, -0.15) is 5.26 Å². The Morgan fingerprint density at radius 1 is 1.02 bits per heavy atom. The monoisotopic (exact) mass is 665 g/mol. The summed E-state index contributed by atoms with van der Waals surface area (Å²) in [6.45, 7) is 1.91. The fourth-order valence-electron chi connectivity index (χ4n) is 5.17. The summed E-state index contributed by atoms with van der Waals surface area (Å²) >= 11 is 2.81. The number of amides is 3. The zero-order valence-corrected chi connectivity index (χ0v) is 27.1. The summed E-state index contributed by atoms with van der Waals surface area (Å²) < 4.78 is 0. The third-order valence-electron chi connectivity index (χ3n) is 7.52. The van der Waals surface area contributed by atoms with Gasteiger partial charge in [0.05, 0.1) is 21.3 Å². The fourth-order valence-corrected chi connectivity index (χ4v) is 7.43. The van der Waals surface area contributed by atoms with Crippen LogP contribution >= 0.6 is 23.1 Å². The van der Waals surface area contributed by atoms with Gasteiger partial charge < -0.3 is 16.0 Å². The summed E-state index contributed by atoms with van der Waals surface area (Å²) in [6, 6.07) is 23.4. The normalized spacial score (nSPS) is 13.1. The molecule has 3 amide bonds.